The third-order valence-electron chi connectivity index (χ3n) is 3.18. The fourth-order valence-electron chi connectivity index (χ4n) is 2.14. The van der Waals surface area contributed by atoms with Crippen LogP contribution in [0.1, 0.15) is 34.6 Å². The van der Waals surface area contributed by atoms with E-state index < -0.39 is 0 Å². The van der Waals surface area contributed by atoms with Gasteiger partial charge in [-0.15, -0.1) is 0 Å². The predicted octanol–water partition coefficient (Wildman–Crippen LogP) is 4.47. The van der Waals surface area contributed by atoms with Crippen molar-refractivity contribution in [2.75, 3.05) is 13.2 Å². The van der Waals surface area contributed by atoms with Crippen LogP contribution < -0.4 is 0 Å². The molecule has 0 atom stereocenters. The van der Waals surface area contributed by atoms with Crippen LogP contribution >= 0.6 is 15.9 Å². The highest BCUT2D eigenvalue weighted by Crippen LogP contribution is 2.28. The third-order valence-corrected chi connectivity index (χ3v) is 3.68. The molecule has 0 bridgehead atoms. The van der Waals surface area contributed by atoms with Crippen molar-refractivity contribution in [2.24, 2.45) is 0 Å². The van der Waals surface area contributed by atoms with Crippen LogP contribution in [-0.2, 0) is 9.47 Å². The molecule has 0 aliphatic rings. The molecule has 0 saturated carbocycles. The van der Waals surface area contributed by atoms with Gasteiger partial charge in [0.1, 0.15) is 0 Å². The number of hydrogen-bond donors (Lipinski definition) is 0. The van der Waals surface area contributed by atoms with E-state index >= 15 is 0 Å². The predicted molar refractivity (Wildman–Crippen MR) is 91.5 cm³/mol. The van der Waals surface area contributed by atoms with Gasteiger partial charge in [0.25, 0.3) is 0 Å². The SMILES string of the molecule is CCOC(=O)c1ccc(-c2cc(Br)ccc2C(=O)OCC)cc1. The van der Waals surface area contributed by atoms with Gasteiger partial charge in [0.05, 0.1) is 24.3 Å². The molecule has 0 amide bonds. The molecule has 0 heterocycles. The Morgan fingerprint density at radius 2 is 1.52 bits per heavy atom. The van der Waals surface area contributed by atoms with Crippen molar-refractivity contribution in [3.05, 3.63) is 58.1 Å². The molecule has 23 heavy (non-hydrogen) atoms. The Kier molecular flexibility index (Phi) is 5.93. The number of carbonyl (C=O) groups excluding carboxylic acids is 2. The number of esters is 2. The molecule has 0 spiro atoms. The largest absolute Gasteiger partial charge is 0.462 e. The molecule has 0 aliphatic carbocycles. The standard InChI is InChI=1S/C18H17BrO4/c1-3-22-17(20)13-7-5-12(6-8-13)16-11-14(19)9-10-15(16)18(21)23-4-2/h5-11H,3-4H2,1-2H3. The Morgan fingerprint density at radius 1 is 0.913 bits per heavy atom. The first-order valence-corrected chi connectivity index (χ1v) is 8.10. The summed E-state index contributed by atoms with van der Waals surface area (Å²) in [5.74, 6) is -0.733. The van der Waals surface area contributed by atoms with E-state index in [-0.39, 0.29) is 11.9 Å². The van der Waals surface area contributed by atoms with Crippen LogP contribution in [0.4, 0.5) is 0 Å². The molecule has 5 heteroatoms. The fourth-order valence-corrected chi connectivity index (χ4v) is 2.50. The molecule has 2 aromatic carbocycles. The smallest absolute Gasteiger partial charge is 0.338 e. The first-order chi connectivity index (χ1) is 11.1. The molecule has 0 N–H and O–H groups in total. The second-order valence-corrected chi connectivity index (χ2v) is 5.62. The van der Waals surface area contributed by atoms with Gasteiger partial charge in [-0.25, -0.2) is 9.59 Å². The highest BCUT2D eigenvalue weighted by molar-refractivity contribution is 9.10. The third kappa shape index (κ3) is 4.20. The molecule has 0 aromatic heterocycles. The van der Waals surface area contributed by atoms with Crippen molar-refractivity contribution in [3.63, 3.8) is 0 Å². The lowest BCUT2D eigenvalue weighted by Gasteiger charge is -2.10. The molecule has 0 saturated heterocycles. The van der Waals surface area contributed by atoms with E-state index in [4.69, 9.17) is 9.47 Å². The summed E-state index contributed by atoms with van der Waals surface area (Å²) in [5.41, 5.74) is 2.53. The van der Waals surface area contributed by atoms with E-state index in [0.29, 0.717) is 24.3 Å². The van der Waals surface area contributed by atoms with Crippen LogP contribution in [0.3, 0.4) is 0 Å². The minimum Gasteiger partial charge on any atom is -0.462 e. The molecule has 0 fully saturated rings. The maximum Gasteiger partial charge on any atom is 0.338 e. The van der Waals surface area contributed by atoms with Crippen molar-refractivity contribution >= 4 is 27.9 Å². The monoisotopic (exact) mass is 376 g/mol. The summed E-state index contributed by atoms with van der Waals surface area (Å²) in [6.07, 6.45) is 0. The minimum atomic E-state index is -0.371. The zero-order valence-electron chi connectivity index (χ0n) is 13.0. The van der Waals surface area contributed by atoms with Crippen molar-refractivity contribution in [3.8, 4) is 11.1 Å². The first-order valence-electron chi connectivity index (χ1n) is 7.31. The summed E-state index contributed by atoms with van der Waals surface area (Å²) < 4.78 is 10.9. The van der Waals surface area contributed by atoms with E-state index in [1.807, 2.05) is 6.07 Å². The van der Waals surface area contributed by atoms with Crippen molar-refractivity contribution < 1.29 is 19.1 Å². The summed E-state index contributed by atoms with van der Waals surface area (Å²) >= 11 is 3.41. The van der Waals surface area contributed by atoms with Crippen molar-refractivity contribution in [1.82, 2.24) is 0 Å². The van der Waals surface area contributed by atoms with Crippen molar-refractivity contribution in [1.29, 1.82) is 0 Å². The molecular weight excluding hydrogens is 360 g/mol. The Hall–Kier alpha value is -2.14. The van der Waals surface area contributed by atoms with E-state index in [2.05, 4.69) is 15.9 Å². The van der Waals surface area contributed by atoms with Gasteiger partial charge in [-0.05, 0) is 55.3 Å². The zero-order chi connectivity index (χ0) is 16.8. The summed E-state index contributed by atoms with van der Waals surface area (Å²) in [6.45, 7) is 4.18. The van der Waals surface area contributed by atoms with Gasteiger partial charge < -0.3 is 9.47 Å². The number of carbonyl (C=O) groups is 2. The average Bonchev–Trinajstić information content (AvgIpc) is 2.55. The highest BCUT2D eigenvalue weighted by atomic mass is 79.9. The lowest BCUT2D eigenvalue weighted by atomic mass is 9.98. The lowest BCUT2D eigenvalue weighted by Crippen LogP contribution is -2.07. The Bertz CT molecular complexity index is 707. The first kappa shape index (κ1) is 17.2. The molecule has 2 rings (SSSR count). The highest BCUT2D eigenvalue weighted by Gasteiger charge is 2.15. The molecule has 120 valence electrons. The van der Waals surface area contributed by atoms with Gasteiger partial charge in [-0.2, -0.15) is 0 Å². The zero-order valence-corrected chi connectivity index (χ0v) is 14.6. The maximum atomic E-state index is 12.1. The van der Waals surface area contributed by atoms with Crippen LogP contribution in [0.25, 0.3) is 11.1 Å². The van der Waals surface area contributed by atoms with Gasteiger partial charge >= 0.3 is 11.9 Å². The lowest BCUT2D eigenvalue weighted by molar-refractivity contribution is 0.0517. The summed E-state index contributed by atoms with van der Waals surface area (Å²) in [7, 11) is 0. The second kappa shape index (κ2) is 7.92. The van der Waals surface area contributed by atoms with Crippen molar-refractivity contribution in [2.45, 2.75) is 13.8 Å². The number of hydrogen-bond acceptors (Lipinski definition) is 4. The van der Waals surface area contributed by atoms with E-state index in [1.165, 1.54) is 0 Å². The Morgan fingerprint density at radius 3 is 2.13 bits per heavy atom. The van der Waals surface area contributed by atoms with Gasteiger partial charge in [0.2, 0.25) is 0 Å². The number of ether oxygens (including phenoxy) is 2. The average molecular weight is 377 g/mol. The summed E-state index contributed by atoms with van der Waals surface area (Å²) in [5, 5.41) is 0. The number of halogens is 1. The van der Waals surface area contributed by atoms with E-state index in [9.17, 15) is 9.59 Å². The summed E-state index contributed by atoms with van der Waals surface area (Å²) in [6, 6.07) is 12.3. The van der Waals surface area contributed by atoms with Crippen LogP contribution in [0, 0.1) is 0 Å². The quantitative estimate of drug-likeness (QED) is 0.722. The number of rotatable bonds is 5. The van der Waals surface area contributed by atoms with Crippen LogP contribution in [0.5, 0.6) is 0 Å². The van der Waals surface area contributed by atoms with Gasteiger partial charge in [-0.1, -0.05) is 28.1 Å². The second-order valence-electron chi connectivity index (χ2n) is 4.71. The van der Waals surface area contributed by atoms with Gasteiger partial charge in [0, 0.05) is 4.47 Å². The van der Waals surface area contributed by atoms with E-state index in [1.54, 1.807) is 50.2 Å². The van der Waals surface area contributed by atoms with Crippen LogP contribution in [0.15, 0.2) is 46.9 Å². The molecule has 0 aliphatic heterocycles. The van der Waals surface area contributed by atoms with Gasteiger partial charge in [-0.3, -0.25) is 0 Å². The molecule has 4 nitrogen and oxygen atoms in total. The minimum absolute atomic E-state index is 0.316. The fraction of sp³-hybridized carbons (Fsp3) is 0.222. The van der Waals surface area contributed by atoms with Crippen LogP contribution in [0.2, 0.25) is 0 Å². The number of benzene rings is 2. The molecule has 0 unspecified atom stereocenters. The Labute approximate surface area is 143 Å². The molecule has 0 radical (unpaired) electrons. The summed E-state index contributed by atoms with van der Waals surface area (Å²) in [4.78, 5) is 23.8. The topological polar surface area (TPSA) is 52.6 Å². The molecule has 2 aromatic rings. The Balaban J connectivity index is 2.39. The van der Waals surface area contributed by atoms with Gasteiger partial charge in [0.15, 0.2) is 0 Å². The normalized spacial score (nSPS) is 10.2. The van der Waals surface area contributed by atoms with Crippen LogP contribution in [-0.4, -0.2) is 25.2 Å². The maximum absolute atomic E-state index is 12.1. The molecular formula is C18H17BrO4. The van der Waals surface area contributed by atoms with E-state index in [0.717, 1.165) is 15.6 Å².